The van der Waals surface area contributed by atoms with Gasteiger partial charge in [-0.05, 0) is 42.5 Å². The van der Waals surface area contributed by atoms with Crippen molar-refractivity contribution in [2.24, 2.45) is 0 Å². The maximum Gasteiger partial charge on any atom is 0.230 e. The SMILES string of the molecule is O=C(NCCc1ccccc1)C1(c2ccc(Cl)cc2)CC1. The number of amides is 1. The van der Waals surface area contributed by atoms with Crippen molar-refractivity contribution < 1.29 is 4.79 Å². The van der Waals surface area contributed by atoms with Crippen molar-refractivity contribution in [3.8, 4) is 0 Å². The average molecular weight is 300 g/mol. The summed E-state index contributed by atoms with van der Waals surface area (Å²) in [6, 6.07) is 17.8. The fourth-order valence-electron chi connectivity index (χ4n) is 2.67. The third-order valence-electron chi connectivity index (χ3n) is 4.12. The molecule has 0 heterocycles. The Labute approximate surface area is 130 Å². The summed E-state index contributed by atoms with van der Waals surface area (Å²) in [5.74, 6) is 0.140. The second kappa shape index (κ2) is 5.90. The highest BCUT2D eigenvalue weighted by atomic mass is 35.5. The molecule has 0 aliphatic heterocycles. The minimum atomic E-state index is -0.318. The Morgan fingerprint density at radius 2 is 1.71 bits per heavy atom. The van der Waals surface area contributed by atoms with Gasteiger partial charge in [-0.2, -0.15) is 0 Å². The number of carbonyl (C=O) groups excluding carboxylic acids is 1. The highest BCUT2D eigenvalue weighted by Gasteiger charge is 2.50. The Kier molecular flexibility index (Phi) is 3.98. The van der Waals surface area contributed by atoms with Crippen LogP contribution in [0.25, 0.3) is 0 Å². The molecule has 0 radical (unpaired) electrons. The standard InChI is InChI=1S/C18H18ClNO/c19-16-8-6-15(7-9-16)18(11-12-18)17(21)20-13-10-14-4-2-1-3-5-14/h1-9H,10-13H2,(H,20,21). The molecule has 1 N–H and O–H groups in total. The summed E-state index contributed by atoms with van der Waals surface area (Å²) < 4.78 is 0. The minimum Gasteiger partial charge on any atom is -0.355 e. The summed E-state index contributed by atoms with van der Waals surface area (Å²) >= 11 is 5.91. The zero-order valence-electron chi connectivity index (χ0n) is 11.8. The van der Waals surface area contributed by atoms with Crippen molar-refractivity contribution in [3.63, 3.8) is 0 Å². The van der Waals surface area contributed by atoms with Gasteiger partial charge in [-0.15, -0.1) is 0 Å². The molecule has 1 saturated carbocycles. The van der Waals surface area contributed by atoms with Gasteiger partial charge < -0.3 is 5.32 Å². The first-order chi connectivity index (χ1) is 10.2. The van der Waals surface area contributed by atoms with Crippen molar-refractivity contribution in [2.75, 3.05) is 6.54 Å². The molecule has 1 aliphatic rings. The smallest absolute Gasteiger partial charge is 0.230 e. The number of benzene rings is 2. The van der Waals surface area contributed by atoms with Crippen LogP contribution < -0.4 is 5.32 Å². The molecule has 108 valence electrons. The van der Waals surface area contributed by atoms with E-state index in [-0.39, 0.29) is 11.3 Å². The summed E-state index contributed by atoms with van der Waals surface area (Å²) in [5, 5.41) is 3.78. The molecule has 1 amide bonds. The first-order valence-corrected chi connectivity index (χ1v) is 7.67. The van der Waals surface area contributed by atoms with Crippen LogP contribution >= 0.6 is 11.6 Å². The first kappa shape index (κ1) is 14.2. The van der Waals surface area contributed by atoms with Gasteiger partial charge in [-0.3, -0.25) is 4.79 Å². The van der Waals surface area contributed by atoms with Crippen molar-refractivity contribution in [1.82, 2.24) is 5.32 Å². The maximum atomic E-state index is 12.5. The van der Waals surface area contributed by atoms with Crippen LogP contribution in [0.3, 0.4) is 0 Å². The van der Waals surface area contributed by atoms with Crippen LogP contribution in [-0.4, -0.2) is 12.5 Å². The molecule has 0 saturated heterocycles. The van der Waals surface area contributed by atoms with Crippen molar-refractivity contribution in [1.29, 1.82) is 0 Å². The van der Waals surface area contributed by atoms with E-state index in [4.69, 9.17) is 11.6 Å². The fourth-order valence-corrected chi connectivity index (χ4v) is 2.80. The number of hydrogen-bond donors (Lipinski definition) is 1. The highest BCUT2D eigenvalue weighted by molar-refractivity contribution is 6.30. The molecule has 0 aromatic heterocycles. The molecule has 2 nitrogen and oxygen atoms in total. The zero-order valence-corrected chi connectivity index (χ0v) is 12.6. The van der Waals surface area contributed by atoms with Crippen LogP contribution in [-0.2, 0) is 16.6 Å². The Hall–Kier alpha value is -1.80. The molecular formula is C18H18ClNO. The molecule has 0 unspecified atom stereocenters. The van der Waals surface area contributed by atoms with Crippen molar-refractivity contribution >= 4 is 17.5 Å². The predicted octanol–water partition coefficient (Wildman–Crippen LogP) is 3.73. The molecular weight excluding hydrogens is 282 g/mol. The molecule has 2 aromatic carbocycles. The molecule has 1 fully saturated rings. The molecule has 21 heavy (non-hydrogen) atoms. The summed E-state index contributed by atoms with van der Waals surface area (Å²) in [5.41, 5.74) is 2.00. The summed E-state index contributed by atoms with van der Waals surface area (Å²) in [6.07, 6.45) is 2.71. The second-order valence-electron chi connectivity index (χ2n) is 5.58. The molecule has 0 atom stereocenters. The number of halogens is 1. The Morgan fingerprint density at radius 3 is 2.33 bits per heavy atom. The van der Waals surface area contributed by atoms with Gasteiger partial charge in [0.2, 0.25) is 5.91 Å². The van der Waals surface area contributed by atoms with Gasteiger partial charge in [-0.25, -0.2) is 0 Å². The lowest BCUT2D eigenvalue weighted by Crippen LogP contribution is -2.35. The molecule has 3 rings (SSSR count). The number of hydrogen-bond acceptors (Lipinski definition) is 1. The monoisotopic (exact) mass is 299 g/mol. The third kappa shape index (κ3) is 3.11. The number of carbonyl (C=O) groups is 1. The summed E-state index contributed by atoms with van der Waals surface area (Å²) in [4.78, 5) is 12.5. The van der Waals surface area contributed by atoms with E-state index in [1.54, 1.807) is 0 Å². The van der Waals surface area contributed by atoms with Crippen LogP contribution in [0, 0.1) is 0 Å². The molecule has 0 spiro atoms. The Bertz CT molecular complexity index is 617. The molecule has 2 aromatic rings. The van der Waals surface area contributed by atoms with Crippen LogP contribution in [0.5, 0.6) is 0 Å². The van der Waals surface area contributed by atoms with E-state index in [0.717, 1.165) is 24.8 Å². The Morgan fingerprint density at radius 1 is 1.05 bits per heavy atom. The molecule has 3 heteroatoms. The van der Waals surface area contributed by atoms with Crippen molar-refractivity contribution in [2.45, 2.75) is 24.7 Å². The van der Waals surface area contributed by atoms with Gasteiger partial charge in [0.15, 0.2) is 0 Å². The highest BCUT2D eigenvalue weighted by Crippen LogP contribution is 2.48. The van der Waals surface area contributed by atoms with Gasteiger partial charge in [0.25, 0.3) is 0 Å². The molecule has 0 bridgehead atoms. The maximum absolute atomic E-state index is 12.5. The van der Waals surface area contributed by atoms with Crippen LogP contribution in [0.15, 0.2) is 54.6 Å². The van der Waals surface area contributed by atoms with Gasteiger partial charge in [0.1, 0.15) is 0 Å². The quantitative estimate of drug-likeness (QED) is 0.895. The van der Waals surface area contributed by atoms with Crippen LogP contribution in [0.1, 0.15) is 24.0 Å². The van der Waals surface area contributed by atoms with Crippen LogP contribution in [0.2, 0.25) is 5.02 Å². The van der Waals surface area contributed by atoms with Crippen molar-refractivity contribution in [3.05, 3.63) is 70.7 Å². The average Bonchev–Trinajstić information content (AvgIpc) is 3.31. The predicted molar refractivity (Wildman–Crippen MR) is 85.5 cm³/mol. The fraction of sp³-hybridized carbons (Fsp3) is 0.278. The second-order valence-corrected chi connectivity index (χ2v) is 6.02. The zero-order chi connectivity index (χ0) is 14.7. The summed E-state index contributed by atoms with van der Waals surface area (Å²) in [6.45, 7) is 0.679. The van der Waals surface area contributed by atoms with Gasteiger partial charge in [0.05, 0.1) is 5.41 Å². The van der Waals surface area contributed by atoms with E-state index in [1.807, 2.05) is 42.5 Å². The topological polar surface area (TPSA) is 29.1 Å². The normalized spacial score (nSPS) is 15.5. The van der Waals surface area contributed by atoms with Gasteiger partial charge >= 0.3 is 0 Å². The lowest BCUT2D eigenvalue weighted by molar-refractivity contribution is -0.123. The van der Waals surface area contributed by atoms with E-state index in [0.29, 0.717) is 11.6 Å². The Balaban J connectivity index is 1.59. The van der Waals surface area contributed by atoms with Crippen LogP contribution in [0.4, 0.5) is 0 Å². The summed E-state index contributed by atoms with van der Waals surface area (Å²) in [7, 11) is 0. The number of nitrogens with one attached hydrogen (secondary N) is 1. The lowest BCUT2D eigenvalue weighted by atomic mass is 9.95. The van der Waals surface area contributed by atoms with E-state index in [1.165, 1.54) is 5.56 Å². The largest absolute Gasteiger partial charge is 0.355 e. The first-order valence-electron chi connectivity index (χ1n) is 7.29. The van der Waals surface area contributed by atoms with E-state index < -0.39 is 0 Å². The van der Waals surface area contributed by atoms with E-state index in [9.17, 15) is 4.79 Å². The third-order valence-corrected chi connectivity index (χ3v) is 4.38. The lowest BCUT2D eigenvalue weighted by Gasteiger charge is -2.16. The van der Waals surface area contributed by atoms with Gasteiger partial charge in [-0.1, -0.05) is 54.1 Å². The minimum absolute atomic E-state index is 0.140. The van der Waals surface area contributed by atoms with Gasteiger partial charge in [0, 0.05) is 11.6 Å². The van der Waals surface area contributed by atoms with E-state index in [2.05, 4.69) is 17.4 Å². The van der Waals surface area contributed by atoms with E-state index >= 15 is 0 Å². The molecule has 1 aliphatic carbocycles. The number of rotatable bonds is 5.